The maximum absolute atomic E-state index is 13.9. The van der Waals surface area contributed by atoms with E-state index in [1.807, 2.05) is 18.2 Å². The number of rotatable bonds is 2. The normalized spacial score (nSPS) is 16.9. The van der Waals surface area contributed by atoms with Crippen molar-refractivity contribution >= 4 is 5.78 Å². The fourth-order valence-corrected chi connectivity index (χ4v) is 3.03. The summed E-state index contributed by atoms with van der Waals surface area (Å²) < 4.78 is 32.2. The Morgan fingerprint density at radius 1 is 1.08 bits per heavy atom. The summed E-state index contributed by atoms with van der Waals surface area (Å²) in [5.41, 5.74) is 1.57. The van der Waals surface area contributed by atoms with Crippen LogP contribution in [0.1, 0.15) is 40.6 Å². The van der Waals surface area contributed by atoms with E-state index in [0.29, 0.717) is 24.3 Å². The quantitative estimate of drug-likeness (QED) is 0.711. The third kappa shape index (κ3) is 2.40. The van der Waals surface area contributed by atoms with Crippen molar-refractivity contribution in [3.8, 4) is 11.4 Å². The predicted molar refractivity (Wildman–Crippen MR) is 81.5 cm³/mol. The minimum atomic E-state index is -0.749. The average Bonchev–Trinajstić information content (AvgIpc) is 3.05. The molecule has 0 unspecified atom stereocenters. The molecule has 0 aliphatic heterocycles. The average molecular weight is 326 g/mol. The summed E-state index contributed by atoms with van der Waals surface area (Å²) in [6.45, 7) is 0. The highest BCUT2D eigenvalue weighted by Crippen LogP contribution is 2.36. The molecule has 0 N–H and O–H groups in total. The van der Waals surface area contributed by atoms with Crippen LogP contribution in [0.25, 0.3) is 11.4 Å². The van der Waals surface area contributed by atoms with Crippen LogP contribution in [0.15, 0.2) is 47.0 Å². The van der Waals surface area contributed by atoms with Crippen LogP contribution in [0.5, 0.6) is 0 Å². The Morgan fingerprint density at radius 2 is 1.92 bits per heavy atom. The van der Waals surface area contributed by atoms with Crippen molar-refractivity contribution in [3.63, 3.8) is 0 Å². The number of hydrogen-bond donors (Lipinski definition) is 0. The van der Waals surface area contributed by atoms with E-state index in [9.17, 15) is 13.6 Å². The Labute approximate surface area is 136 Å². The molecule has 24 heavy (non-hydrogen) atoms. The van der Waals surface area contributed by atoms with Gasteiger partial charge in [0, 0.05) is 18.1 Å². The Balaban J connectivity index is 1.73. The van der Waals surface area contributed by atoms with E-state index in [2.05, 4.69) is 10.1 Å². The zero-order chi connectivity index (χ0) is 16.7. The second kappa shape index (κ2) is 5.63. The molecule has 3 aromatic rings. The zero-order valence-electron chi connectivity index (χ0n) is 12.5. The van der Waals surface area contributed by atoms with Crippen molar-refractivity contribution in [2.24, 2.45) is 0 Å². The highest BCUT2D eigenvalue weighted by molar-refractivity contribution is 5.98. The largest absolute Gasteiger partial charge is 0.338 e. The molecule has 0 saturated carbocycles. The number of ketones is 1. The maximum atomic E-state index is 13.9. The second-order valence-corrected chi connectivity index (χ2v) is 5.68. The molecule has 120 valence electrons. The van der Waals surface area contributed by atoms with Crippen LogP contribution >= 0.6 is 0 Å². The molecule has 1 aliphatic rings. The summed E-state index contributed by atoms with van der Waals surface area (Å²) in [6.07, 6.45) is 0.952. The van der Waals surface area contributed by atoms with Gasteiger partial charge in [-0.2, -0.15) is 4.98 Å². The molecule has 1 aliphatic carbocycles. The Morgan fingerprint density at radius 3 is 2.75 bits per heavy atom. The molecule has 0 saturated heterocycles. The second-order valence-electron chi connectivity index (χ2n) is 5.68. The summed E-state index contributed by atoms with van der Waals surface area (Å²) in [4.78, 5) is 16.3. The lowest BCUT2D eigenvalue weighted by molar-refractivity contribution is 0.0967. The number of Topliss-reactive ketones (excluding diaryl/α,β-unsaturated/α-hetero) is 1. The molecular formula is C18H12F2N2O2. The Hall–Kier alpha value is -2.89. The van der Waals surface area contributed by atoms with Gasteiger partial charge in [-0.05, 0) is 24.1 Å². The standard InChI is InChI=1S/C18H12F2N2O2/c19-10-5-6-14(15(20)9-10)17-21-18(24-22-17)13-7-8-16(23)12-4-2-1-3-11(12)13/h1-6,9,13H,7-8H2/t13-/m1/s1. The van der Waals surface area contributed by atoms with Gasteiger partial charge in [0.15, 0.2) is 5.78 Å². The first-order chi connectivity index (χ1) is 11.6. The molecule has 0 fully saturated rings. The number of carbonyl (C=O) groups excluding carboxylic acids is 1. The molecule has 1 aromatic heterocycles. The van der Waals surface area contributed by atoms with E-state index in [4.69, 9.17) is 4.52 Å². The number of fused-ring (bicyclic) bond motifs is 1. The first-order valence-electron chi connectivity index (χ1n) is 7.54. The lowest BCUT2D eigenvalue weighted by Gasteiger charge is -2.21. The first-order valence-corrected chi connectivity index (χ1v) is 7.54. The van der Waals surface area contributed by atoms with Gasteiger partial charge in [0.05, 0.1) is 11.5 Å². The molecule has 0 amide bonds. The van der Waals surface area contributed by atoms with Crippen LogP contribution < -0.4 is 0 Å². The number of hydrogen-bond acceptors (Lipinski definition) is 4. The summed E-state index contributed by atoms with van der Waals surface area (Å²) in [5, 5.41) is 3.81. The van der Waals surface area contributed by atoms with Crippen LogP contribution in [0.4, 0.5) is 8.78 Å². The summed E-state index contributed by atoms with van der Waals surface area (Å²) in [6, 6.07) is 10.5. The van der Waals surface area contributed by atoms with E-state index in [1.165, 1.54) is 6.07 Å². The third-order valence-corrected chi connectivity index (χ3v) is 4.21. The minimum absolute atomic E-state index is 0.0666. The van der Waals surface area contributed by atoms with Crippen molar-refractivity contribution in [1.82, 2.24) is 10.1 Å². The van der Waals surface area contributed by atoms with Gasteiger partial charge in [-0.25, -0.2) is 8.78 Å². The number of benzene rings is 2. The van der Waals surface area contributed by atoms with E-state index in [1.54, 1.807) is 6.07 Å². The van der Waals surface area contributed by atoms with E-state index >= 15 is 0 Å². The monoisotopic (exact) mass is 326 g/mol. The van der Waals surface area contributed by atoms with Crippen LogP contribution in [0.3, 0.4) is 0 Å². The summed E-state index contributed by atoms with van der Waals surface area (Å²) >= 11 is 0. The Kier molecular flexibility index (Phi) is 3.45. The molecule has 1 heterocycles. The molecule has 4 rings (SSSR count). The fraction of sp³-hybridized carbons (Fsp3) is 0.167. The van der Waals surface area contributed by atoms with Crippen molar-refractivity contribution in [1.29, 1.82) is 0 Å². The Bertz CT molecular complexity index is 936. The van der Waals surface area contributed by atoms with E-state index in [-0.39, 0.29) is 23.1 Å². The maximum Gasteiger partial charge on any atom is 0.234 e. The lowest BCUT2D eigenvalue weighted by atomic mass is 9.82. The zero-order valence-corrected chi connectivity index (χ0v) is 12.5. The summed E-state index contributed by atoms with van der Waals surface area (Å²) in [5.74, 6) is -1.14. The number of nitrogens with zero attached hydrogens (tertiary/aromatic N) is 2. The predicted octanol–water partition coefficient (Wildman–Crippen LogP) is 4.12. The number of aromatic nitrogens is 2. The SMILES string of the molecule is O=C1CC[C@@H](c2nc(-c3ccc(F)cc3F)no2)c2ccccc21. The number of halogens is 2. The van der Waals surface area contributed by atoms with Crippen LogP contribution in [0, 0.1) is 11.6 Å². The topological polar surface area (TPSA) is 56.0 Å². The smallest absolute Gasteiger partial charge is 0.234 e. The van der Waals surface area contributed by atoms with Gasteiger partial charge in [0.2, 0.25) is 11.7 Å². The van der Waals surface area contributed by atoms with Crippen LogP contribution in [-0.4, -0.2) is 15.9 Å². The molecule has 4 nitrogen and oxygen atoms in total. The molecule has 1 atom stereocenters. The van der Waals surface area contributed by atoms with Crippen LogP contribution in [0.2, 0.25) is 0 Å². The molecule has 0 bridgehead atoms. The van der Waals surface area contributed by atoms with Crippen molar-refractivity contribution in [2.45, 2.75) is 18.8 Å². The molecule has 0 spiro atoms. The lowest BCUT2D eigenvalue weighted by Crippen LogP contribution is -2.16. The highest BCUT2D eigenvalue weighted by atomic mass is 19.1. The van der Waals surface area contributed by atoms with Gasteiger partial charge in [0.25, 0.3) is 0 Å². The van der Waals surface area contributed by atoms with Crippen molar-refractivity contribution in [2.75, 3.05) is 0 Å². The molecular weight excluding hydrogens is 314 g/mol. The highest BCUT2D eigenvalue weighted by Gasteiger charge is 2.30. The van der Waals surface area contributed by atoms with Gasteiger partial charge in [-0.1, -0.05) is 29.4 Å². The van der Waals surface area contributed by atoms with Crippen molar-refractivity contribution < 1.29 is 18.1 Å². The van der Waals surface area contributed by atoms with Crippen molar-refractivity contribution in [3.05, 3.63) is 71.1 Å². The third-order valence-electron chi connectivity index (χ3n) is 4.21. The summed E-state index contributed by atoms with van der Waals surface area (Å²) in [7, 11) is 0. The molecule has 0 radical (unpaired) electrons. The van der Waals surface area contributed by atoms with E-state index in [0.717, 1.165) is 17.7 Å². The van der Waals surface area contributed by atoms with Gasteiger partial charge < -0.3 is 4.52 Å². The van der Waals surface area contributed by atoms with Gasteiger partial charge >= 0.3 is 0 Å². The number of carbonyl (C=O) groups is 1. The van der Waals surface area contributed by atoms with Gasteiger partial charge in [-0.3, -0.25) is 4.79 Å². The fourth-order valence-electron chi connectivity index (χ4n) is 3.03. The minimum Gasteiger partial charge on any atom is -0.338 e. The van der Waals surface area contributed by atoms with E-state index < -0.39 is 11.6 Å². The molecule has 2 aromatic carbocycles. The first kappa shape index (κ1) is 14.7. The van der Waals surface area contributed by atoms with Crippen LogP contribution in [-0.2, 0) is 0 Å². The molecule has 6 heteroatoms. The van der Waals surface area contributed by atoms with Gasteiger partial charge in [-0.15, -0.1) is 0 Å². The van der Waals surface area contributed by atoms with Gasteiger partial charge in [0.1, 0.15) is 11.6 Å².